The number of aromatic nitrogens is 4. The van der Waals surface area contributed by atoms with E-state index in [1.165, 1.54) is 23.3 Å². The van der Waals surface area contributed by atoms with Gasteiger partial charge in [0.25, 0.3) is 0 Å². The Morgan fingerprint density at radius 1 is 1.18 bits per heavy atom. The molecule has 112 valence electrons. The fourth-order valence-electron chi connectivity index (χ4n) is 2.03. The highest BCUT2D eigenvalue weighted by atomic mass is 19.1. The van der Waals surface area contributed by atoms with Gasteiger partial charge in [0.05, 0.1) is 23.8 Å². The summed E-state index contributed by atoms with van der Waals surface area (Å²) in [6.07, 6.45) is 4.80. The molecular formula is C15H13F2N5. The normalized spacial score (nSPS) is 10.7. The summed E-state index contributed by atoms with van der Waals surface area (Å²) in [6, 6.07) is 6.27. The molecule has 0 amide bonds. The Morgan fingerprint density at radius 3 is 2.77 bits per heavy atom. The highest BCUT2D eigenvalue weighted by Gasteiger charge is 2.11. The first-order valence-corrected chi connectivity index (χ1v) is 6.75. The van der Waals surface area contributed by atoms with Crippen LogP contribution in [0.4, 0.5) is 20.3 Å². The van der Waals surface area contributed by atoms with Gasteiger partial charge in [0.1, 0.15) is 17.8 Å². The quantitative estimate of drug-likeness (QED) is 0.803. The van der Waals surface area contributed by atoms with Crippen molar-refractivity contribution in [3.63, 3.8) is 0 Å². The van der Waals surface area contributed by atoms with Crippen LogP contribution in [0.1, 0.15) is 12.6 Å². The van der Waals surface area contributed by atoms with Crippen molar-refractivity contribution in [3.8, 4) is 5.69 Å². The van der Waals surface area contributed by atoms with Crippen LogP contribution in [0.25, 0.3) is 5.69 Å². The first kappa shape index (κ1) is 14.1. The van der Waals surface area contributed by atoms with Gasteiger partial charge in [-0.15, -0.1) is 0 Å². The molecule has 0 saturated carbocycles. The highest BCUT2D eigenvalue weighted by molar-refractivity contribution is 5.55. The van der Waals surface area contributed by atoms with Crippen LogP contribution in [0, 0.1) is 11.6 Å². The van der Waals surface area contributed by atoms with Gasteiger partial charge in [-0.3, -0.25) is 0 Å². The van der Waals surface area contributed by atoms with E-state index in [0.717, 1.165) is 0 Å². The Bertz CT molecular complexity index is 800. The highest BCUT2D eigenvalue weighted by Crippen LogP contribution is 2.20. The third-order valence-corrected chi connectivity index (χ3v) is 3.14. The number of nitrogens with zero attached hydrogens (tertiary/aromatic N) is 4. The predicted octanol–water partition coefficient (Wildman–Crippen LogP) is 3.25. The average Bonchev–Trinajstić information content (AvgIpc) is 2.98. The SMILES string of the molecule is CCc1ncnc(Nc2cnn(-c3ccccc3F)c2)c1F. The topological polar surface area (TPSA) is 55.6 Å². The molecule has 0 saturated heterocycles. The fourth-order valence-corrected chi connectivity index (χ4v) is 2.03. The molecule has 2 heterocycles. The molecule has 1 N–H and O–H groups in total. The van der Waals surface area contributed by atoms with Crippen LogP contribution in [0.2, 0.25) is 0 Å². The molecule has 3 rings (SSSR count). The van der Waals surface area contributed by atoms with Gasteiger partial charge in [-0.25, -0.2) is 23.4 Å². The van der Waals surface area contributed by atoms with Crippen LogP contribution in [0.15, 0.2) is 43.0 Å². The third-order valence-electron chi connectivity index (χ3n) is 3.14. The van der Waals surface area contributed by atoms with E-state index < -0.39 is 11.6 Å². The summed E-state index contributed by atoms with van der Waals surface area (Å²) in [5, 5.41) is 6.89. The van der Waals surface area contributed by atoms with E-state index in [1.54, 1.807) is 24.4 Å². The molecule has 0 aliphatic carbocycles. The van der Waals surface area contributed by atoms with E-state index in [0.29, 0.717) is 23.5 Å². The van der Waals surface area contributed by atoms with E-state index in [9.17, 15) is 8.78 Å². The van der Waals surface area contributed by atoms with Crippen LogP contribution in [0.5, 0.6) is 0 Å². The average molecular weight is 301 g/mol. The Labute approximate surface area is 125 Å². The molecule has 1 aromatic carbocycles. The van der Waals surface area contributed by atoms with E-state index in [-0.39, 0.29) is 5.82 Å². The molecule has 0 aliphatic heterocycles. The lowest BCUT2D eigenvalue weighted by molar-refractivity contribution is 0.598. The predicted molar refractivity (Wildman–Crippen MR) is 78.2 cm³/mol. The van der Waals surface area contributed by atoms with Gasteiger partial charge in [-0.1, -0.05) is 19.1 Å². The molecule has 0 unspecified atom stereocenters. The lowest BCUT2D eigenvalue weighted by Crippen LogP contribution is -2.02. The number of rotatable bonds is 4. The fraction of sp³-hybridized carbons (Fsp3) is 0.133. The summed E-state index contributed by atoms with van der Waals surface area (Å²) >= 11 is 0. The summed E-state index contributed by atoms with van der Waals surface area (Å²) in [7, 11) is 0. The minimum absolute atomic E-state index is 0.0694. The zero-order valence-electron chi connectivity index (χ0n) is 11.8. The lowest BCUT2D eigenvalue weighted by atomic mass is 10.3. The van der Waals surface area contributed by atoms with Gasteiger partial charge < -0.3 is 5.32 Å². The number of benzene rings is 1. The van der Waals surface area contributed by atoms with E-state index in [1.807, 2.05) is 6.92 Å². The maximum absolute atomic E-state index is 14.1. The molecule has 0 fully saturated rings. The van der Waals surface area contributed by atoms with Gasteiger partial charge in [0.15, 0.2) is 11.6 Å². The summed E-state index contributed by atoms with van der Waals surface area (Å²) in [4.78, 5) is 7.74. The second kappa shape index (κ2) is 5.88. The summed E-state index contributed by atoms with van der Waals surface area (Å²) in [5.41, 5.74) is 1.15. The van der Waals surface area contributed by atoms with Crippen LogP contribution in [-0.4, -0.2) is 19.7 Å². The second-order valence-corrected chi connectivity index (χ2v) is 4.59. The summed E-state index contributed by atoms with van der Waals surface area (Å²) in [5.74, 6) is -0.817. The molecule has 7 heteroatoms. The molecule has 0 spiro atoms. The third kappa shape index (κ3) is 2.65. The zero-order valence-corrected chi connectivity index (χ0v) is 11.8. The van der Waals surface area contributed by atoms with Crippen LogP contribution in [0.3, 0.4) is 0 Å². The maximum atomic E-state index is 14.1. The number of nitrogens with one attached hydrogen (secondary N) is 1. The van der Waals surface area contributed by atoms with Crippen molar-refractivity contribution in [2.45, 2.75) is 13.3 Å². The first-order chi connectivity index (χ1) is 10.7. The van der Waals surface area contributed by atoms with Crippen molar-refractivity contribution in [3.05, 3.63) is 60.3 Å². The monoisotopic (exact) mass is 301 g/mol. The van der Waals surface area contributed by atoms with Crippen molar-refractivity contribution in [1.82, 2.24) is 19.7 Å². The smallest absolute Gasteiger partial charge is 0.187 e. The van der Waals surface area contributed by atoms with Gasteiger partial charge in [0.2, 0.25) is 0 Å². The molecular weight excluding hydrogens is 288 g/mol. The van der Waals surface area contributed by atoms with Crippen molar-refractivity contribution in [1.29, 1.82) is 0 Å². The molecule has 0 radical (unpaired) electrons. The van der Waals surface area contributed by atoms with Gasteiger partial charge in [0, 0.05) is 0 Å². The summed E-state index contributed by atoms with van der Waals surface area (Å²) in [6.45, 7) is 1.81. The summed E-state index contributed by atoms with van der Waals surface area (Å²) < 4.78 is 29.2. The van der Waals surface area contributed by atoms with Crippen LogP contribution < -0.4 is 5.32 Å². The number of aryl methyl sites for hydroxylation is 1. The van der Waals surface area contributed by atoms with Crippen molar-refractivity contribution in [2.75, 3.05) is 5.32 Å². The van der Waals surface area contributed by atoms with Crippen molar-refractivity contribution in [2.24, 2.45) is 0 Å². The minimum Gasteiger partial charge on any atom is -0.335 e. The zero-order chi connectivity index (χ0) is 15.5. The van der Waals surface area contributed by atoms with Gasteiger partial charge in [-0.05, 0) is 18.6 Å². The lowest BCUT2D eigenvalue weighted by Gasteiger charge is -2.06. The van der Waals surface area contributed by atoms with E-state index >= 15 is 0 Å². The molecule has 5 nitrogen and oxygen atoms in total. The molecule has 22 heavy (non-hydrogen) atoms. The van der Waals surface area contributed by atoms with E-state index in [2.05, 4.69) is 20.4 Å². The molecule has 2 aromatic heterocycles. The molecule has 0 aliphatic rings. The largest absolute Gasteiger partial charge is 0.335 e. The Morgan fingerprint density at radius 2 is 2.00 bits per heavy atom. The van der Waals surface area contributed by atoms with Crippen LogP contribution >= 0.6 is 0 Å². The van der Waals surface area contributed by atoms with Gasteiger partial charge in [-0.2, -0.15) is 5.10 Å². The maximum Gasteiger partial charge on any atom is 0.187 e. The minimum atomic E-state index is -0.497. The van der Waals surface area contributed by atoms with Gasteiger partial charge >= 0.3 is 0 Å². The first-order valence-electron chi connectivity index (χ1n) is 6.75. The van der Waals surface area contributed by atoms with Crippen molar-refractivity contribution >= 4 is 11.5 Å². The molecule has 0 atom stereocenters. The molecule has 0 bridgehead atoms. The Balaban J connectivity index is 1.88. The van der Waals surface area contributed by atoms with Crippen LogP contribution in [-0.2, 0) is 6.42 Å². The Hall–Kier alpha value is -2.83. The molecule has 3 aromatic rings. The number of anilines is 2. The number of hydrogen-bond donors (Lipinski definition) is 1. The second-order valence-electron chi connectivity index (χ2n) is 4.59. The standard InChI is InChI=1S/C15H13F2N5/c1-2-12-14(17)15(19-9-18-12)21-10-7-20-22(8-10)13-6-4-3-5-11(13)16/h3-9H,2H2,1H3,(H,18,19,21). The number of halogens is 2. The number of para-hydroxylation sites is 1. The van der Waals surface area contributed by atoms with E-state index in [4.69, 9.17) is 0 Å². The van der Waals surface area contributed by atoms with Crippen molar-refractivity contribution < 1.29 is 8.78 Å². The Kier molecular flexibility index (Phi) is 3.78. The number of hydrogen-bond acceptors (Lipinski definition) is 4.